The van der Waals surface area contributed by atoms with Gasteiger partial charge in [-0.25, -0.2) is 0 Å². The fourth-order valence-electron chi connectivity index (χ4n) is 2.08. The maximum Gasteiger partial charge on any atom is 0.138 e. The molecule has 4 heteroatoms. The Bertz CT molecular complexity index is 371. The van der Waals surface area contributed by atoms with Crippen molar-refractivity contribution >= 4 is 17.2 Å². The van der Waals surface area contributed by atoms with Gasteiger partial charge in [0, 0.05) is 24.3 Å². The highest BCUT2D eigenvalue weighted by Gasteiger charge is 2.22. The monoisotopic (exact) mass is 252 g/mol. The average Bonchev–Trinajstić information content (AvgIpc) is 2.61. The summed E-state index contributed by atoms with van der Waals surface area (Å²) in [5.74, 6) is 0.962. The van der Waals surface area contributed by atoms with Gasteiger partial charge in [0.25, 0.3) is 0 Å². The molecule has 0 spiro atoms. The number of aliphatic imine (C=N–C) groups is 1. The topological polar surface area (TPSA) is 44.6 Å². The van der Waals surface area contributed by atoms with E-state index in [0.717, 1.165) is 25.2 Å². The van der Waals surface area contributed by atoms with Crippen molar-refractivity contribution in [3.05, 3.63) is 22.4 Å². The highest BCUT2D eigenvalue weighted by atomic mass is 32.1. The summed E-state index contributed by atoms with van der Waals surface area (Å²) in [5, 5.41) is 15.6. The Hall–Kier alpha value is -0.870. The Morgan fingerprint density at radius 2 is 2.35 bits per heavy atom. The third-order valence-electron chi connectivity index (χ3n) is 2.89. The van der Waals surface area contributed by atoms with Crippen molar-refractivity contribution in [3.63, 3.8) is 0 Å². The Morgan fingerprint density at radius 3 is 3.12 bits per heavy atom. The predicted molar refractivity (Wildman–Crippen MR) is 72.6 cm³/mol. The maximum absolute atomic E-state index is 10.3. The van der Waals surface area contributed by atoms with Crippen LogP contribution in [0.2, 0.25) is 0 Å². The van der Waals surface area contributed by atoms with Crippen LogP contribution in [0.5, 0.6) is 0 Å². The lowest BCUT2D eigenvalue weighted by atomic mass is 10.1. The summed E-state index contributed by atoms with van der Waals surface area (Å²) in [5.41, 5.74) is -0.895. The van der Waals surface area contributed by atoms with Crippen molar-refractivity contribution in [2.45, 2.75) is 44.8 Å². The third kappa shape index (κ3) is 4.13. The minimum absolute atomic E-state index is 0.629. The van der Waals surface area contributed by atoms with Crippen LogP contribution in [0.25, 0.3) is 0 Å². The quantitative estimate of drug-likeness (QED) is 0.812. The molecule has 0 saturated heterocycles. The summed E-state index contributed by atoms with van der Waals surface area (Å²) < 4.78 is 0. The smallest absolute Gasteiger partial charge is 0.138 e. The zero-order chi connectivity index (χ0) is 12.1. The van der Waals surface area contributed by atoms with Gasteiger partial charge in [0.05, 0.1) is 5.84 Å². The van der Waals surface area contributed by atoms with Crippen LogP contribution in [0.1, 0.15) is 37.5 Å². The fraction of sp³-hybridized carbons (Fsp3) is 0.615. The molecule has 1 atom stereocenters. The molecule has 1 aromatic heterocycles. The van der Waals surface area contributed by atoms with Crippen molar-refractivity contribution in [2.24, 2.45) is 4.99 Å². The van der Waals surface area contributed by atoms with Gasteiger partial charge in [-0.05, 0) is 31.2 Å². The first-order valence-corrected chi connectivity index (χ1v) is 7.10. The van der Waals surface area contributed by atoms with Crippen LogP contribution in [0, 0.1) is 0 Å². The summed E-state index contributed by atoms with van der Waals surface area (Å²) in [6.45, 7) is 2.71. The van der Waals surface area contributed by atoms with Gasteiger partial charge in [0.2, 0.25) is 0 Å². The lowest BCUT2D eigenvalue weighted by molar-refractivity contribution is 0.0451. The highest BCUT2D eigenvalue weighted by molar-refractivity contribution is 7.09. The number of hydrogen-bond acceptors (Lipinski definition) is 4. The molecule has 0 bridgehead atoms. The van der Waals surface area contributed by atoms with Gasteiger partial charge in [0.15, 0.2) is 0 Å². The van der Waals surface area contributed by atoms with E-state index in [4.69, 9.17) is 0 Å². The Balaban J connectivity index is 1.93. The molecule has 1 aliphatic rings. The predicted octanol–water partition coefficient (Wildman–Crippen LogP) is 2.56. The van der Waals surface area contributed by atoms with Crippen molar-refractivity contribution in [3.8, 4) is 0 Å². The summed E-state index contributed by atoms with van der Waals surface area (Å²) in [6.07, 6.45) is 5.16. The molecular weight excluding hydrogens is 232 g/mol. The van der Waals surface area contributed by atoms with Crippen LogP contribution in [0.3, 0.4) is 0 Å². The number of amidine groups is 1. The van der Waals surface area contributed by atoms with Crippen LogP contribution in [0.4, 0.5) is 0 Å². The molecule has 0 aromatic carbocycles. The maximum atomic E-state index is 10.3. The van der Waals surface area contributed by atoms with Gasteiger partial charge < -0.3 is 10.4 Å². The number of hydrogen-bond donors (Lipinski definition) is 2. The molecule has 94 valence electrons. The van der Waals surface area contributed by atoms with Crippen LogP contribution in [0.15, 0.2) is 22.5 Å². The first kappa shape index (κ1) is 12.6. The summed E-state index contributed by atoms with van der Waals surface area (Å²) in [4.78, 5) is 5.68. The molecular formula is C13H20N2OS. The first-order valence-electron chi connectivity index (χ1n) is 6.22. The Morgan fingerprint density at radius 1 is 1.47 bits per heavy atom. The number of thiophene rings is 1. The van der Waals surface area contributed by atoms with Gasteiger partial charge in [-0.1, -0.05) is 12.5 Å². The minimum atomic E-state index is -0.895. The molecule has 2 heterocycles. The molecule has 2 rings (SSSR count). The summed E-state index contributed by atoms with van der Waals surface area (Å²) in [7, 11) is 0. The van der Waals surface area contributed by atoms with E-state index in [1.165, 1.54) is 17.7 Å². The van der Waals surface area contributed by atoms with E-state index >= 15 is 0 Å². The molecule has 17 heavy (non-hydrogen) atoms. The van der Waals surface area contributed by atoms with Crippen molar-refractivity contribution in [1.29, 1.82) is 0 Å². The number of aliphatic hydroxyl groups is 1. The average molecular weight is 252 g/mol. The normalized spacial score (nSPS) is 20.2. The summed E-state index contributed by atoms with van der Waals surface area (Å²) >= 11 is 1.68. The zero-order valence-corrected chi connectivity index (χ0v) is 11.1. The van der Waals surface area contributed by atoms with Crippen molar-refractivity contribution in [2.75, 3.05) is 6.54 Å². The fourth-order valence-corrected chi connectivity index (χ4v) is 2.94. The second kappa shape index (κ2) is 5.65. The number of nitrogens with zero attached hydrogens (tertiary/aromatic N) is 1. The second-order valence-corrected chi connectivity index (χ2v) is 5.83. The first-order chi connectivity index (χ1) is 8.16. The van der Waals surface area contributed by atoms with Crippen LogP contribution >= 0.6 is 11.3 Å². The molecule has 2 N–H and O–H groups in total. The molecule has 0 aliphatic carbocycles. The van der Waals surface area contributed by atoms with Crippen molar-refractivity contribution < 1.29 is 5.11 Å². The molecule has 1 aliphatic heterocycles. The third-order valence-corrected chi connectivity index (χ3v) is 3.76. The number of rotatable bonds is 3. The van der Waals surface area contributed by atoms with Crippen LogP contribution < -0.4 is 5.32 Å². The summed E-state index contributed by atoms with van der Waals surface area (Å²) in [6, 6.07) is 4.06. The standard InChI is InChI=1S/C13H20N2OS/c1-13(16,10-11-6-5-9-17-11)15-12-7-3-2-4-8-14-12/h5-6,9,16H,2-4,7-8,10H2,1H3,(H,14,15). The molecule has 0 amide bonds. The van der Waals surface area contributed by atoms with E-state index in [-0.39, 0.29) is 0 Å². The number of nitrogens with one attached hydrogen (secondary N) is 1. The second-order valence-electron chi connectivity index (χ2n) is 4.79. The largest absolute Gasteiger partial charge is 0.371 e. The van der Waals surface area contributed by atoms with Gasteiger partial charge in [-0.2, -0.15) is 0 Å². The molecule has 3 nitrogen and oxygen atoms in total. The SMILES string of the molecule is CC(O)(Cc1cccs1)NC1=NCCCCC1. The van der Waals surface area contributed by atoms with Gasteiger partial charge in [0.1, 0.15) is 5.72 Å². The molecule has 1 aromatic rings. The van der Waals surface area contributed by atoms with Crippen LogP contribution in [-0.4, -0.2) is 23.2 Å². The van der Waals surface area contributed by atoms with Crippen LogP contribution in [-0.2, 0) is 6.42 Å². The lowest BCUT2D eigenvalue weighted by Gasteiger charge is -2.26. The molecule has 0 radical (unpaired) electrons. The van der Waals surface area contributed by atoms with Gasteiger partial charge in [-0.15, -0.1) is 11.3 Å². The van der Waals surface area contributed by atoms with E-state index in [9.17, 15) is 5.11 Å². The van der Waals surface area contributed by atoms with E-state index < -0.39 is 5.72 Å². The Labute approximate surface area is 107 Å². The lowest BCUT2D eigenvalue weighted by Crippen LogP contribution is -2.47. The molecule has 0 fully saturated rings. The highest BCUT2D eigenvalue weighted by Crippen LogP contribution is 2.17. The van der Waals surface area contributed by atoms with E-state index in [1.54, 1.807) is 11.3 Å². The Kier molecular flexibility index (Phi) is 4.18. The van der Waals surface area contributed by atoms with E-state index in [2.05, 4.69) is 16.4 Å². The van der Waals surface area contributed by atoms with Crippen molar-refractivity contribution in [1.82, 2.24) is 5.32 Å². The van der Waals surface area contributed by atoms with Gasteiger partial charge in [-0.3, -0.25) is 4.99 Å². The molecule has 0 saturated carbocycles. The minimum Gasteiger partial charge on any atom is -0.371 e. The van der Waals surface area contributed by atoms with E-state index in [1.807, 2.05) is 18.4 Å². The van der Waals surface area contributed by atoms with Gasteiger partial charge >= 0.3 is 0 Å². The van der Waals surface area contributed by atoms with E-state index in [0.29, 0.717) is 6.42 Å². The molecule has 1 unspecified atom stereocenters. The zero-order valence-electron chi connectivity index (χ0n) is 10.3.